The topological polar surface area (TPSA) is 111 Å². The fourth-order valence-corrected chi connectivity index (χ4v) is 3.58. The Morgan fingerprint density at radius 1 is 1.12 bits per heavy atom. The fourth-order valence-electron chi connectivity index (χ4n) is 3.58. The summed E-state index contributed by atoms with van der Waals surface area (Å²) in [5.41, 5.74) is 1.40. The molecule has 0 radical (unpaired) electrons. The molecule has 2 aromatic carbocycles. The van der Waals surface area contributed by atoms with E-state index < -0.39 is 23.9 Å². The molecular formula is C23H28FN5O4. The number of carboxylic acids is 1. The predicted molar refractivity (Wildman–Crippen MR) is 119 cm³/mol. The van der Waals surface area contributed by atoms with Gasteiger partial charge in [-0.2, -0.15) is 0 Å². The third-order valence-corrected chi connectivity index (χ3v) is 5.30. The molecule has 0 spiro atoms. The number of rotatable bonds is 12. The van der Waals surface area contributed by atoms with Gasteiger partial charge in [0.1, 0.15) is 5.82 Å². The van der Waals surface area contributed by atoms with Gasteiger partial charge >= 0.3 is 5.97 Å². The zero-order valence-corrected chi connectivity index (χ0v) is 18.9. The second kappa shape index (κ2) is 11.4. The first kappa shape index (κ1) is 24.1. The van der Waals surface area contributed by atoms with Gasteiger partial charge in [0.05, 0.1) is 26.7 Å². The van der Waals surface area contributed by atoms with E-state index in [4.69, 9.17) is 9.47 Å². The van der Waals surface area contributed by atoms with E-state index >= 15 is 0 Å². The molecule has 0 saturated heterocycles. The third kappa shape index (κ3) is 6.04. The number of hydrogen-bond acceptors (Lipinski definition) is 7. The number of ether oxygens (including phenoxy) is 2. The van der Waals surface area contributed by atoms with Crippen molar-refractivity contribution in [3.63, 3.8) is 0 Å². The van der Waals surface area contributed by atoms with Gasteiger partial charge in [-0.3, -0.25) is 10.1 Å². The lowest BCUT2D eigenvalue weighted by Gasteiger charge is -2.26. The van der Waals surface area contributed by atoms with E-state index in [0.717, 1.165) is 18.4 Å². The van der Waals surface area contributed by atoms with E-state index in [-0.39, 0.29) is 6.42 Å². The van der Waals surface area contributed by atoms with Crippen LogP contribution in [-0.4, -0.2) is 45.5 Å². The van der Waals surface area contributed by atoms with E-state index in [1.807, 2.05) is 6.07 Å². The van der Waals surface area contributed by atoms with Crippen LogP contribution in [0, 0.1) is 5.82 Å². The number of aromatic nitrogens is 4. The lowest BCUT2D eigenvalue weighted by Crippen LogP contribution is -2.31. The fraction of sp³-hybridized carbons (Fsp3) is 0.391. The molecule has 3 aromatic rings. The van der Waals surface area contributed by atoms with Crippen LogP contribution in [0.5, 0.6) is 11.5 Å². The number of tetrazole rings is 1. The first-order valence-electron chi connectivity index (χ1n) is 10.7. The van der Waals surface area contributed by atoms with Crippen LogP contribution in [0.15, 0.2) is 42.5 Å². The maximum Gasteiger partial charge on any atom is 0.305 e. The van der Waals surface area contributed by atoms with E-state index in [0.29, 0.717) is 29.4 Å². The molecule has 2 atom stereocenters. The van der Waals surface area contributed by atoms with E-state index in [1.165, 1.54) is 12.1 Å². The zero-order valence-electron chi connectivity index (χ0n) is 18.9. The van der Waals surface area contributed by atoms with Crippen molar-refractivity contribution in [3.05, 3.63) is 65.2 Å². The van der Waals surface area contributed by atoms with Crippen LogP contribution < -0.4 is 14.8 Å². The van der Waals surface area contributed by atoms with Gasteiger partial charge in [-0.05, 0) is 52.2 Å². The molecule has 10 heteroatoms. The number of halogens is 1. The molecular weight excluding hydrogens is 429 g/mol. The highest BCUT2D eigenvalue weighted by Crippen LogP contribution is 2.33. The number of nitrogens with zero attached hydrogens (tertiary/aromatic N) is 4. The maximum absolute atomic E-state index is 13.5. The Hall–Kier alpha value is -3.53. The van der Waals surface area contributed by atoms with Gasteiger partial charge in [0.25, 0.3) is 0 Å². The summed E-state index contributed by atoms with van der Waals surface area (Å²) in [4.78, 5) is 11.7. The van der Waals surface area contributed by atoms with E-state index in [1.54, 1.807) is 43.2 Å². The average molecular weight is 458 g/mol. The van der Waals surface area contributed by atoms with Crippen LogP contribution in [0.4, 0.5) is 4.39 Å². The standard InChI is InChI=1S/C23H28FN5O4/c1-4-5-12-29-23(26-27-28-29)22(16-8-11-19(32-2)20(13-16)33-3)25-18(14-21(30)31)15-6-9-17(24)10-7-15/h6-11,13,18,22,25H,4-5,12,14H2,1-3H3,(H,30,31). The summed E-state index contributed by atoms with van der Waals surface area (Å²) in [6.45, 7) is 2.69. The van der Waals surface area contributed by atoms with Crippen LogP contribution in [0.2, 0.25) is 0 Å². The second-order valence-electron chi connectivity index (χ2n) is 7.53. The number of hydrogen-bond donors (Lipinski definition) is 2. The van der Waals surface area contributed by atoms with Gasteiger partial charge in [0.2, 0.25) is 0 Å². The largest absolute Gasteiger partial charge is 0.493 e. The lowest BCUT2D eigenvalue weighted by molar-refractivity contribution is -0.137. The van der Waals surface area contributed by atoms with Crippen LogP contribution >= 0.6 is 0 Å². The molecule has 0 aliphatic rings. The molecule has 0 amide bonds. The molecule has 1 aromatic heterocycles. The first-order valence-corrected chi connectivity index (χ1v) is 10.7. The Labute approximate surface area is 191 Å². The number of benzene rings is 2. The number of aliphatic carboxylic acids is 1. The summed E-state index contributed by atoms with van der Waals surface area (Å²) >= 11 is 0. The third-order valence-electron chi connectivity index (χ3n) is 5.30. The molecule has 0 saturated carbocycles. The van der Waals surface area contributed by atoms with Crippen molar-refractivity contribution in [2.24, 2.45) is 0 Å². The van der Waals surface area contributed by atoms with Crippen molar-refractivity contribution < 1.29 is 23.8 Å². The van der Waals surface area contributed by atoms with E-state index in [9.17, 15) is 14.3 Å². The molecule has 176 valence electrons. The molecule has 0 aliphatic carbocycles. The number of carboxylic acid groups (broad SMARTS) is 1. The molecule has 0 fully saturated rings. The molecule has 3 rings (SSSR count). The highest BCUT2D eigenvalue weighted by molar-refractivity contribution is 5.68. The highest BCUT2D eigenvalue weighted by atomic mass is 19.1. The zero-order chi connectivity index (χ0) is 23.8. The molecule has 0 aliphatic heterocycles. The van der Waals surface area contributed by atoms with Crippen molar-refractivity contribution in [1.82, 2.24) is 25.5 Å². The van der Waals surface area contributed by atoms with Gasteiger partial charge in [0, 0.05) is 12.6 Å². The Bertz CT molecular complexity index is 1060. The smallest absolute Gasteiger partial charge is 0.305 e. The Morgan fingerprint density at radius 2 is 1.82 bits per heavy atom. The lowest BCUT2D eigenvalue weighted by atomic mass is 9.99. The quantitative estimate of drug-likeness (QED) is 0.425. The molecule has 33 heavy (non-hydrogen) atoms. The van der Waals surface area contributed by atoms with Crippen molar-refractivity contribution in [2.75, 3.05) is 14.2 Å². The minimum atomic E-state index is -0.992. The first-order chi connectivity index (χ1) is 16.0. The Balaban J connectivity index is 2.06. The summed E-state index contributed by atoms with van der Waals surface area (Å²) in [5.74, 6) is 0.228. The summed E-state index contributed by atoms with van der Waals surface area (Å²) in [7, 11) is 3.09. The summed E-state index contributed by atoms with van der Waals surface area (Å²) in [6.07, 6.45) is 1.63. The van der Waals surface area contributed by atoms with Gasteiger partial charge in [0.15, 0.2) is 17.3 Å². The highest BCUT2D eigenvalue weighted by Gasteiger charge is 2.27. The second-order valence-corrected chi connectivity index (χ2v) is 7.53. The Kier molecular flexibility index (Phi) is 8.31. The minimum Gasteiger partial charge on any atom is -0.493 e. The van der Waals surface area contributed by atoms with E-state index in [2.05, 4.69) is 27.8 Å². The number of aryl methyl sites for hydroxylation is 1. The van der Waals surface area contributed by atoms with Crippen LogP contribution in [-0.2, 0) is 11.3 Å². The van der Waals surface area contributed by atoms with Gasteiger partial charge in [-0.25, -0.2) is 9.07 Å². The number of nitrogens with one attached hydrogen (secondary N) is 1. The molecule has 2 unspecified atom stereocenters. The average Bonchev–Trinajstić information content (AvgIpc) is 3.28. The monoisotopic (exact) mass is 457 g/mol. The Morgan fingerprint density at radius 3 is 2.45 bits per heavy atom. The number of carbonyl (C=O) groups is 1. The van der Waals surface area contributed by atoms with Crippen LogP contribution in [0.1, 0.15) is 55.2 Å². The summed E-state index contributed by atoms with van der Waals surface area (Å²) < 4.78 is 26.0. The van der Waals surface area contributed by atoms with Crippen molar-refractivity contribution in [2.45, 2.75) is 44.8 Å². The summed E-state index contributed by atoms with van der Waals surface area (Å²) in [5, 5.41) is 25.1. The molecule has 1 heterocycles. The van der Waals surface area contributed by atoms with Crippen molar-refractivity contribution in [1.29, 1.82) is 0 Å². The van der Waals surface area contributed by atoms with Crippen molar-refractivity contribution in [3.8, 4) is 11.5 Å². The van der Waals surface area contributed by atoms with Crippen LogP contribution in [0.25, 0.3) is 0 Å². The summed E-state index contributed by atoms with van der Waals surface area (Å²) in [6, 6.07) is 9.99. The normalized spacial score (nSPS) is 12.8. The predicted octanol–water partition coefficient (Wildman–Crippen LogP) is 3.52. The SMILES string of the molecule is CCCCn1nnnc1C(NC(CC(=O)O)c1ccc(F)cc1)c1ccc(OC)c(OC)c1. The molecule has 2 N–H and O–H groups in total. The molecule has 0 bridgehead atoms. The number of unbranched alkanes of at least 4 members (excludes halogenated alkanes) is 1. The van der Waals surface area contributed by atoms with Gasteiger partial charge in [-0.15, -0.1) is 5.10 Å². The molecule has 9 nitrogen and oxygen atoms in total. The maximum atomic E-state index is 13.5. The van der Waals surface area contributed by atoms with Gasteiger partial charge in [-0.1, -0.05) is 31.5 Å². The van der Waals surface area contributed by atoms with Crippen molar-refractivity contribution >= 4 is 5.97 Å². The minimum absolute atomic E-state index is 0.216. The van der Waals surface area contributed by atoms with Crippen LogP contribution in [0.3, 0.4) is 0 Å². The van der Waals surface area contributed by atoms with Gasteiger partial charge < -0.3 is 14.6 Å². The number of methoxy groups -OCH3 is 2.